The van der Waals surface area contributed by atoms with Crippen LogP contribution in [0.15, 0.2) is 17.8 Å². The van der Waals surface area contributed by atoms with Crippen molar-refractivity contribution in [2.45, 2.75) is 44.7 Å². The Morgan fingerprint density at radius 2 is 2.30 bits per heavy atom. The predicted octanol–water partition coefficient (Wildman–Crippen LogP) is 2.87. The van der Waals surface area contributed by atoms with E-state index in [1.165, 1.54) is 19.3 Å². The molecule has 0 bridgehead atoms. The monoisotopic (exact) mass is 292 g/mol. The van der Waals surface area contributed by atoms with E-state index in [0.717, 1.165) is 23.5 Å². The van der Waals surface area contributed by atoms with Gasteiger partial charge in [0.15, 0.2) is 4.96 Å². The Morgan fingerprint density at radius 3 is 3.05 bits per heavy atom. The van der Waals surface area contributed by atoms with Crippen LogP contribution in [0, 0.1) is 0 Å². The fourth-order valence-electron chi connectivity index (χ4n) is 2.79. The molecule has 108 valence electrons. The molecule has 3 rings (SSSR count). The number of imidazole rings is 1. The first-order chi connectivity index (χ1) is 9.74. The molecule has 0 atom stereocenters. The van der Waals surface area contributed by atoms with Crippen molar-refractivity contribution >= 4 is 22.3 Å². The van der Waals surface area contributed by atoms with Crippen molar-refractivity contribution in [3.8, 4) is 0 Å². The highest BCUT2D eigenvalue weighted by Gasteiger charge is 2.21. The number of urea groups is 1. The van der Waals surface area contributed by atoms with E-state index in [2.05, 4.69) is 10.3 Å². The van der Waals surface area contributed by atoms with Crippen LogP contribution in [0.2, 0.25) is 0 Å². The number of hydrogen-bond acceptors (Lipinski definition) is 3. The highest BCUT2D eigenvalue weighted by molar-refractivity contribution is 7.15. The summed E-state index contributed by atoms with van der Waals surface area (Å²) in [6, 6.07) is 0.405. The Balaban J connectivity index is 1.54. The Morgan fingerprint density at radius 1 is 1.50 bits per heavy atom. The number of rotatable bonds is 3. The Labute approximate surface area is 122 Å². The zero-order valence-electron chi connectivity index (χ0n) is 11.7. The van der Waals surface area contributed by atoms with Gasteiger partial charge in [-0.2, -0.15) is 0 Å². The van der Waals surface area contributed by atoms with Gasteiger partial charge in [-0.15, -0.1) is 11.3 Å². The van der Waals surface area contributed by atoms with Gasteiger partial charge >= 0.3 is 6.03 Å². The summed E-state index contributed by atoms with van der Waals surface area (Å²) in [5.74, 6) is 0. The summed E-state index contributed by atoms with van der Waals surface area (Å²) in [6.45, 7) is 0.490. The highest BCUT2D eigenvalue weighted by Crippen LogP contribution is 2.21. The van der Waals surface area contributed by atoms with Crippen molar-refractivity contribution in [3.05, 3.63) is 23.5 Å². The van der Waals surface area contributed by atoms with E-state index in [1.54, 1.807) is 11.3 Å². The number of amides is 2. The first-order valence-corrected chi connectivity index (χ1v) is 8.04. The molecule has 1 saturated carbocycles. The fraction of sp³-hybridized carbons (Fsp3) is 0.571. The maximum absolute atomic E-state index is 12.2. The number of thiazole rings is 1. The van der Waals surface area contributed by atoms with Crippen LogP contribution in [-0.2, 0) is 6.54 Å². The van der Waals surface area contributed by atoms with E-state index in [-0.39, 0.29) is 6.03 Å². The number of carbonyl (C=O) groups excluding carboxylic acids is 1. The molecule has 0 spiro atoms. The van der Waals surface area contributed by atoms with E-state index in [4.69, 9.17) is 0 Å². The molecule has 0 saturated heterocycles. The second-order valence-corrected chi connectivity index (χ2v) is 6.26. The predicted molar refractivity (Wildman–Crippen MR) is 79.9 cm³/mol. The minimum Gasteiger partial charge on any atom is -0.332 e. The minimum atomic E-state index is 0.00764. The molecule has 0 aliphatic heterocycles. The van der Waals surface area contributed by atoms with E-state index in [1.807, 2.05) is 34.1 Å². The van der Waals surface area contributed by atoms with Gasteiger partial charge in [-0.25, -0.2) is 9.78 Å². The average molecular weight is 292 g/mol. The molecule has 0 radical (unpaired) electrons. The van der Waals surface area contributed by atoms with Crippen molar-refractivity contribution in [2.24, 2.45) is 0 Å². The third kappa shape index (κ3) is 2.80. The molecule has 2 aromatic heterocycles. The zero-order valence-corrected chi connectivity index (χ0v) is 12.5. The molecule has 2 amide bonds. The molecule has 2 aromatic rings. The molecule has 0 unspecified atom stereocenters. The summed E-state index contributed by atoms with van der Waals surface area (Å²) in [6.07, 6.45) is 9.98. The maximum atomic E-state index is 12.2. The summed E-state index contributed by atoms with van der Waals surface area (Å²) < 4.78 is 1.98. The lowest BCUT2D eigenvalue weighted by atomic mass is 9.95. The summed E-state index contributed by atoms with van der Waals surface area (Å²) in [4.78, 5) is 19.4. The van der Waals surface area contributed by atoms with Crippen molar-refractivity contribution in [1.82, 2.24) is 19.6 Å². The van der Waals surface area contributed by atoms with Crippen molar-refractivity contribution in [3.63, 3.8) is 0 Å². The van der Waals surface area contributed by atoms with Gasteiger partial charge in [0.2, 0.25) is 0 Å². The number of aromatic nitrogens is 2. The van der Waals surface area contributed by atoms with Crippen molar-refractivity contribution in [1.29, 1.82) is 0 Å². The molecule has 1 aliphatic carbocycles. The van der Waals surface area contributed by atoms with Crippen LogP contribution in [0.1, 0.15) is 37.8 Å². The van der Waals surface area contributed by atoms with Gasteiger partial charge in [-0.1, -0.05) is 19.3 Å². The van der Waals surface area contributed by atoms with E-state index in [9.17, 15) is 4.79 Å². The Hall–Kier alpha value is -1.56. The molecular formula is C14H20N4OS. The standard InChI is InChI=1S/C14H20N4OS/c1-17(12-5-3-2-4-6-12)13(19)15-9-11-10-18-7-8-20-14(18)16-11/h7-8,10,12H,2-6,9H2,1H3,(H,15,19). The van der Waals surface area contributed by atoms with E-state index < -0.39 is 0 Å². The summed E-state index contributed by atoms with van der Waals surface area (Å²) in [5, 5.41) is 4.96. The molecule has 1 aliphatic rings. The van der Waals surface area contributed by atoms with Crippen molar-refractivity contribution < 1.29 is 4.79 Å². The lowest BCUT2D eigenvalue weighted by molar-refractivity contribution is 0.173. The number of fused-ring (bicyclic) bond motifs is 1. The van der Waals surface area contributed by atoms with Crippen LogP contribution >= 0.6 is 11.3 Å². The van der Waals surface area contributed by atoms with E-state index >= 15 is 0 Å². The van der Waals surface area contributed by atoms with Gasteiger partial charge in [0.05, 0.1) is 12.2 Å². The number of hydrogen-bond donors (Lipinski definition) is 1. The highest BCUT2D eigenvalue weighted by atomic mass is 32.1. The van der Waals surface area contributed by atoms with Gasteiger partial charge < -0.3 is 10.2 Å². The molecule has 5 nitrogen and oxygen atoms in total. The smallest absolute Gasteiger partial charge is 0.317 e. The quantitative estimate of drug-likeness (QED) is 0.945. The van der Waals surface area contributed by atoms with Gasteiger partial charge in [0.1, 0.15) is 0 Å². The first kappa shape index (κ1) is 13.4. The van der Waals surface area contributed by atoms with Crippen LogP contribution in [0.5, 0.6) is 0 Å². The van der Waals surface area contributed by atoms with Crippen LogP contribution in [-0.4, -0.2) is 33.4 Å². The zero-order chi connectivity index (χ0) is 13.9. The van der Waals surface area contributed by atoms with Crippen LogP contribution < -0.4 is 5.32 Å². The second kappa shape index (κ2) is 5.83. The van der Waals surface area contributed by atoms with Gasteiger partial charge in [0, 0.05) is 30.9 Å². The van der Waals surface area contributed by atoms with Crippen LogP contribution in [0.25, 0.3) is 4.96 Å². The van der Waals surface area contributed by atoms with Crippen LogP contribution in [0.4, 0.5) is 4.79 Å². The largest absolute Gasteiger partial charge is 0.332 e. The van der Waals surface area contributed by atoms with Crippen LogP contribution in [0.3, 0.4) is 0 Å². The lowest BCUT2D eigenvalue weighted by Gasteiger charge is -2.31. The molecule has 1 fully saturated rings. The number of nitrogens with one attached hydrogen (secondary N) is 1. The molecule has 1 N–H and O–H groups in total. The molecule has 0 aromatic carbocycles. The molecule has 2 heterocycles. The van der Waals surface area contributed by atoms with Gasteiger partial charge in [0.25, 0.3) is 0 Å². The average Bonchev–Trinajstić information content (AvgIpc) is 3.06. The fourth-order valence-corrected chi connectivity index (χ4v) is 3.51. The summed E-state index contributed by atoms with van der Waals surface area (Å²) in [5.41, 5.74) is 0.905. The molecule has 20 heavy (non-hydrogen) atoms. The van der Waals surface area contributed by atoms with E-state index in [0.29, 0.717) is 12.6 Å². The topological polar surface area (TPSA) is 49.6 Å². The third-order valence-electron chi connectivity index (χ3n) is 4.01. The van der Waals surface area contributed by atoms with Gasteiger partial charge in [-0.3, -0.25) is 4.40 Å². The summed E-state index contributed by atoms with van der Waals surface area (Å²) in [7, 11) is 1.90. The Kier molecular flexibility index (Phi) is 3.91. The third-order valence-corrected chi connectivity index (χ3v) is 4.78. The second-order valence-electron chi connectivity index (χ2n) is 5.39. The normalized spacial score (nSPS) is 16.4. The minimum absolute atomic E-state index is 0.00764. The van der Waals surface area contributed by atoms with Gasteiger partial charge in [-0.05, 0) is 12.8 Å². The number of carbonyl (C=O) groups is 1. The lowest BCUT2D eigenvalue weighted by Crippen LogP contribution is -2.44. The number of nitrogens with zero attached hydrogens (tertiary/aromatic N) is 3. The maximum Gasteiger partial charge on any atom is 0.317 e. The Bertz CT molecular complexity index is 556. The first-order valence-electron chi connectivity index (χ1n) is 7.16. The molecule has 6 heteroatoms. The molecular weight excluding hydrogens is 272 g/mol. The van der Waals surface area contributed by atoms with Crippen molar-refractivity contribution in [2.75, 3.05) is 7.05 Å². The summed E-state index contributed by atoms with van der Waals surface area (Å²) >= 11 is 1.60. The SMILES string of the molecule is CN(C(=O)NCc1cn2ccsc2n1)C1CCCCC1.